The van der Waals surface area contributed by atoms with Crippen LogP contribution in [-0.4, -0.2) is 23.9 Å². The first-order valence-electron chi connectivity index (χ1n) is 5.69. The first kappa shape index (κ1) is 13.4. The molecule has 0 radical (unpaired) electrons. The average Bonchev–Trinajstić information content (AvgIpc) is 2.28. The van der Waals surface area contributed by atoms with Crippen molar-refractivity contribution in [3.05, 3.63) is 47.8 Å². The van der Waals surface area contributed by atoms with Crippen molar-refractivity contribution in [3.8, 4) is 0 Å². The van der Waals surface area contributed by atoms with Crippen LogP contribution in [0.15, 0.2) is 36.4 Å². The SMILES string of the molecule is C=C(C)CN(CC)C(=O)Cc1ccc(F)cc1. The topological polar surface area (TPSA) is 20.3 Å². The molecule has 0 aromatic heterocycles. The van der Waals surface area contributed by atoms with Gasteiger partial charge in [0.05, 0.1) is 6.42 Å². The minimum Gasteiger partial charge on any atom is -0.339 e. The third-order valence-electron chi connectivity index (χ3n) is 2.46. The van der Waals surface area contributed by atoms with E-state index in [0.717, 1.165) is 11.1 Å². The average molecular weight is 235 g/mol. The molecular weight excluding hydrogens is 217 g/mol. The van der Waals surface area contributed by atoms with Crippen LogP contribution in [0, 0.1) is 5.82 Å². The molecule has 0 aliphatic heterocycles. The van der Waals surface area contributed by atoms with Crippen molar-refractivity contribution >= 4 is 5.91 Å². The van der Waals surface area contributed by atoms with Gasteiger partial charge in [-0.1, -0.05) is 24.3 Å². The zero-order valence-electron chi connectivity index (χ0n) is 10.4. The van der Waals surface area contributed by atoms with Crippen LogP contribution in [0.25, 0.3) is 0 Å². The minimum absolute atomic E-state index is 0.0436. The smallest absolute Gasteiger partial charge is 0.227 e. The summed E-state index contributed by atoms with van der Waals surface area (Å²) in [6.45, 7) is 8.87. The van der Waals surface area contributed by atoms with Crippen LogP contribution in [0.4, 0.5) is 4.39 Å². The van der Waals surface area contributed by atoms with E-state index in [4.69, 9.17) is 0 Å². The number of carbonyl (C=O) groups excluding carboxylic acids is 1. The van der Waals surface area contributed by atoms with Gasteiger partial charge in [-0.2, -0.15) is 0 Å². The quantitative estimate of drug-likeness (QED) is 0.719. The summed E-state index contributed by atoms with van der Waals surface area (Å²) in [4.78, 5) is 13.7. The molecule has 2 nitrogen and oxygen atoms in total. The van der Waals surface area contributed by atoms with Gasteiger partial charge >= 0.3 is 0 Å². The van der Waals surface area contributed by atoms with Crippen molar-refractivity contribution in [1.29, 1.82) is 0 Å². The van der Waals surface area contributed by atoms with Crippen molar-refractivity contribution in [3.63, 3.8) is 0 Å². The van der Waals surface area contributed by atoms with E-state index in [1.807, 2.05) is 13.8 Å². The minimum atomic E-state index is -0.282. The fraction of sp³-hybridized carbons (Fsp3) is 0.357. The third kappa shape index (κ3) is 4.39. The molecule has 0 fully saturated rings. The summed E-state index contributed by atoms with van der Waals surface area (Å²) in [5, 5.41) is 0. The maximum atomic E-state index is 12.7. The Morgan fingerprint density at radius 2 is 1.94 bits per heavy atom. The lowest BCUT2D eigenvalue weighted by Crippen LogP contribution is -2.33. The Bertz CT molecular complexity index is 397. The summed E-state index contributed by atoms with van der Waals surface area (Å²) in [7, 11) is 0. The zero-order valence-corrected chi connectivity index (χ0v) is 10.4. The molecule has 17 heavy (non-hydrogen) atoms. The van der Waals surface area contributed by atoms with Crippen LogP contribution in [0.5, 0.6) is 0 Å². The Morgan fingerprint density at radius 1 is 1.35 bits per heavy atom. The van der Waals surface area contributed by atoms with Crippen molar-refractivity contribution in [2.45, 2.75) is 20.3 Å². The predicted molar refractivity (Wildman–Crippen MR) is 67.2 cm³/mol. The van der Waals surface area contributed by atoms with E-state index in [-0.39, 0.29) is 11.7 Å². The molecule has 0 unspecified atom stereocenters. The molecule has 0 N–H and O–H groups in total. The number of rotatable bonds is 5. The second kappa shape index (κ2) is 6.18. The summed E-state index contributed by atoms with van der Waals surface area (Å²) in [5.41, 5.74) is 1.79. The fourth-order valence-corrected chi connectivity index (χ4v) is 1.59. The number of nitrogens with zero attached hydrogens (tertiary/aromatic N) is 1. The van der Waals surface area contributed by atoms with Crippen LogP contribution >= 0.6 is 0 Å². The van der Waals surface area contributed by atoms with E-state index < -0.39 is 0 Å². The molecule has 0 bridgehead atoms. The molecule has 0 atom stereocenters. The van der Waals surface area contributed by atoms with Gasteiger partial charge in [-0.05, 0) is 31.5 Å². The molecule has 1 aromatic carbocycles. The number of carbonyl (C=O) groups is 1. The zero-order chi connectivity index (χ0) is 12.8. The van der Waals surface area contributed by atoms with Gasteiger partial charge in [0.2, 0.25) is 5.91 Å². The van der Waals surface area contributed by atoms with Gasteiger partial charge in [0.1, 0.15) is 5.82 Å². The molecule has 0 saturated heterocycles. The largest absolute Gasteiger partial charge is 0.339 e. The van der Waals surface area contributed by atoms with Gasteiger partial charge in [-0.25, -0.2) is 4.39 Å². The first-order valence-corrected chi connectivity index (χ1v) is 5.69. The molecule has 92 valence electrons. The van der Waals surface area contributed by atoms with Crippen LogP contribution in [0.3, 0.4) is 0 Å². The van der Waals surface area contributed by atoms with Crippen LogP contribution in [0.1, 0.15) is 19.4 Å². The van der Waals surface area contributed by atoms with E-state index in [2.05, 4.69) is 6.58 Å². The number of hydrogen-bond donors (Lipinski definition) is 0. The standard InChI is InChI=1S/C14H18FNO/c1-4-16(10-11(2)3)14(17)9-12-5-7-13(15)8-6-12/h5-8H,2,4,9-10H2,1,3H3. The summed E-state index contributed by atoms with van der Waals surface area (Å²) in [5.74, 6) is -0.238. The van der Waals surface area contributed by atoms with Crippen molar-refractivity contribution in [1.82, 2.24) is 4.90 Å². The molecular formula is C14H18FNO. The lowest BCUT2D eigenvalue weighted by molar-refractivity contribution is -0.129. The lowest BCUT2D eigenvalue weighted by atomic mass is 10.1. The van der Waals surface area contributed by atoms with E-state index in [0.29, 0.717) is 19.5 Å². The number of benzene rings is 1. The Labute approximate surface area is 102 Å². The first-order chi connectivity index (χ1) is 8.02. The van der Waals surface area contributed by atoms with Crippen molar-refractivity contribution < 1.29 is 9.18 Å². The lowest BCUT2D eigenvalue weighted by Gasteiger charge is -2.21. The van der Waals surface area contributed by atoms with Gasteiger partial charge in [0, 0.05) is 13.1 Å². The molecule has 0 aliphatic carbocycles. The van der Waals surface area contributed by atoms with Gasteiger partial charge < -0.3 is 4.90 Å². The van der Waals surface area contributed by atoms with Crippen molar-refractivity contribution in [2.24, 2.45) is 0 Å². The molecule has 3 heteroatoms. The Balaban J connectivity index is 2.63. The molecule has 1 amide bonds. The molecule has 0 heterocycles. The maximum Gasteiger partial charge on any atom is 0.227 e. The summed E-state index contributed by atoms with van der Waals surface area (Å²) in [6.07, 6.45) is 0.307. The second-order valence-corrected chi connectivity index (χ2v) is 4.17. The molecule has 1 rings (SSSR count). The van der Waals surface area contributed by atoms with E-state index in [9.17, 15) is 9.18 Å². The van der Waals surface area contributed by atoms with Crippen molar-refractivity contribution in [2.75, 3.05) is 13.1 Å². The third-order valence-corrected chi connectivity index (χ3v) is 2.46. The van der Waals surface area contributed by atoms with Gasteiger partial charge in [-0.3, -0.25) is 4.79 Å². The van der Waals surface area contributed by atoms with Crippen LogP contribution in [-0.2, 0) is 11.2 Å². The van der Waals surface area contributed by atoms with Crippen LogP contribution in [0.2, 0.25) is 0 Å². The van der Waals surface area contributed by atoms with Gasteiger partial charge in [0.25, 0.3) is 0 Å². The Hall–Kier alpha value is -1.64. The summed E-state index contributed by atoms with van der Waals surface area (Å²) >= 11 is 0. The monoisotopic (exact) mass is 235 g/mol. The molecule has 1 aromatic rings. The highest BCUT2D eigenvalue weighted by atomic mass is 19.1. The summed E-state index contributed by atoms with van der Waals surface area (Å²) in [6, 6.07) is 6.03. The van der Waals surface area contributed by atoms with E-state index in [1.54, 1.807) is 17.0 Å². The van der Waals surface area contributed by atoms with E-state index >= 15 is 0 Å². The maximum absolute atomic E-state index is 12.7. The number of likely N-dealkylation sites (N-methyl/N-ethyl adjacent to an activating group) is 1. The molecule has 0 saturated carbocycles. The molecule has 0 aliphatic rings. The normalized spacial score (nSPS) is 10.1. The highest BCUT2D eigenvalue weighted by Crippen LogP contribution is 2.06. The van der Waals surface area contributed by atoms with Gasteiger partial charge in [-0.15, -0.1) is 0 Å². The highest BCUT2D eigenvalue weighted by molar-refractivity contribution is 5.79. The predicted octanol–water partition coefficient (Wildman–Crippen LogP) is 2.79. The van der Waals surface area contributed by atoms with Crippen LogP contribution < -0.4 is 0 Å². The number of halogens is 1. The fourth-order valence-electron chi connectivity index (χ4n) is 1.59. The van der Waals surface area contributed by atoms with E-state index in [1.165, 1.54) is 12.1 Å². The summed E-state index contributed by atoms with van der Waals surface area (Å²) < 4.78 is 12.7. The highest BCUT2D eigenvalue weighted by Gasteiger charge is 2.12. The number of hydrogen-bond acceptors (Lipinski definition) is 1. The Kier molecular flexibility index (Phi) is 4.88. The number of amides is 1. The Morgan fingerprint density at radius 3 is 2.41 bits per heavy atom. The van der Waals surface area contributed by atoms with Gasteiger partial charge in [0.15, 0.2) is 0 Å². The second-order valence-electron chi connectivity index (χ2n) is 4.17. The molecule has 0 spiro atoms.